The molecule has 16 heavy (non-hydrogen) atoms. The molecule has 2 heterocycles. The highest BCUT2D eigenvalue weighted by Gasteiger charge is 2.27. The third kappa shape index (κ3) is 2.12. The van der Waals surface area contributed by atoms with Crippen molar-refractivity contribution in [3.05, 3.63) is 17.3 Å². The summed E-state index contributed by atoms with van der Waals surface area (Å²) in [6, 6.07) is 0.286. The van der Waals surface area contributed by atoms with Crippen molar-refractivity contribution in [2.24, 2.45) is 5.92 Å². The molecule has 3 nitrogen and oxygen atoms in total. The number of hydrogen-bond donors (Lipinski definition) is 0. The predicted octanol–water partition coefficient (Wildman–Crippen LogP) is 2.89. The van der Waals surface area contributed by atoms with Gasteiger partial charge in [0.1, 0.15) is 0 Å². The summed E-state index contributed by atoms with van der Waals surface area (Å²) in [5.41, 5.74) is 0. The van der Waals surface area contributed by atoms with E-state index in [4.69, 9.17) is 11.6 Å². The van der Waals surface area contributed by atoms with E-state index in [1.165, 1.54) is 6.42 Å². The minimum atomic E-state index is -0.398. The lowest BCUT2D eigenvalue weighted by Gasteiger charge is -2.38. The summed E-state index contributed by atoms with van der Waals surface area (Å²) in [7, 11) is 0. The van der Waals surface area contributed by atoms with Gasteiger partial charge in [0.15, 0.2) is 11.6 Å². The van der Waals surface area contributed by atoms with Crippen molar-refractivity contribution in [1.82, 2.24) is 9.97 Å². The van der Waals surface area contributed by atoms with Crippen molar-refractivity contribution < 1.29 is 4.39 Å². The van der Waals surface area contributed by atoms with Gasteiger partial charge in [-0.15, -0.1) is 0 Å². The average molecular weight is 244 g/mol. The van der Waals surface area contributed by atoms with Crippen molar-refractivity contribution >= 4 is 17.4 Å². The van der Waals surface area contributed by atoms with Crippen LogP contribution in [0.15, 0.2) is 6.20 Å². The highest BCUT2D eigenvalue weighted by Crippen LogP contribution is 2.28. The molecule has 2 rings (SSSR count). The molecule has 2 atom stereocenters. The van der Waals surface area contributed by atoms with Gasteiger partial charge < -0.3 is 4.90 Å². The number of nitrogens with zero attached hydrogens (tertiary/aromatic N) is 3. The first-order chi connectivity index (χ1) is 7.59. The van der Waals surface area contributed by atoms with Gasteiger partial charge in [0.2, 0.25) is 5.28 Å². The molecule has 1 saturated heterocycles. The molecule has 0 N–H and O–H groups in total. The van der Waals surface area contributed by atoms with E-state index >= 15 is 0 Å². The van der Waals surface area contributed by atoms with Crippen LogP contribution < -0.4 is 4.90 Å². The Kier molecular flexibility index (Phi) is 3.28. The molecule has 1 aliphatic rings. The Hall–Kier alpha value is -0.900. The first-order valence-electron chi connectivity index (χ1n) is 5.54. The van der Waals surface area contributed by atoms with Crippen LogP contribution in [0.25, 0.3) is 0 Å². The molecular weight excluding hydrogens is 229 g/mol. The van der Waals surface area contributed by atoms with Gasteiger partial charge in [0.05, 0.1) is 6.20 Å². The Labute approximate surface area is 99.6 Å². The quantitative estimate of drug-likeness (QED) is 0.711. The molecule has 5 heteroatoms. The zero-order chi connectivity index (χ0) is 11.7. The number of halogens is 2. The largest absolute Gasteiger partial charge is 0.351 e. The minimum Gasteiger partial charge on any atom is -0.351 e. The van der Waals surface area contributed by atoms with Crippen LogP contribution in [-0.2, 0) is 0 Å². The lowest BCUT2D eigenvalue weighted by molar-refractivity contribution is 0.358. The summed E-state index contributed by atoms with van der Waals surface area (Å²) in [5, 5.41) is 0.0989. The fourth-order valence-electron chi connectivity index (χ4n) is 2.17. The van der Waals surface area contributed by atoms with Crippen molar-refractivity contribution in [2.45, 2.75) is 32.7 Å². The number of aromatic nitrogens is 2. The summed E-state index contributed by atoms with van der Waals surface area (Å²) in [6.45, 7) is 5.10. The molecule has 1 aliphatic heterocycles. The van der Waals surface area contributed by atoms with Gasteiger partial charge >= 0.3 is 0 Å². The standard InChI is InChI=1S/C11H15ClFN3/c1-7-4-3-5-16(8(7)2)10-9(13)6-14-11(12)15-10/h6-8H,3-5H2,1-2H3. The van der Waals surface area contributed by atoms with Crippen LogP contribution in [0, 0.1) is 11.7 Å². The van der Waals surface area contributed by atoms with Crippen LogP contribution in [-0.4, -0.2) is 22.6 Å². The van der Waals surface area contributed by atoms with Gasteiger partial charge in [-0.3, -0.25) is 0 Å². The topological polar surface area (TPSA) is 29.0 Å². The molecule has 0 aromatic carbocycles. The smallest absolute Gasteiger partial charge is 0.224 e. The summed E-state index contributed by atoms with van der Waals surface area (Å²) in [5.74, 6) is 0.478. The Morgan fingerprint density at radius 2 is 2.25 bits per heavy atom. The fraction of sp³-hybridized carbons (Fsp3) is 0.636. The lowest BCUT2D eigenvalue weighted by atomic mass is 9.92. The van der Waals surface area contributed by atoms with Gasteiger partial charge in [-0.1, -0.05) is 6.92 Å². The lowest BCUT2D eigenvalue weighted by Crippen LogP contribution is -2.43. The molecule has 1 fully saturated rings. The van der Waals surface area contributed by atoms with Crippen LogP contribution in [0.2, 0.25) is 5.28 Å². The SMILES string of the molecule is CC1CCCN(c2nc(Cl)ncc2F)C1C. The van der Waals surface area contributed by atoms with Gasteiger partial charge in [0, 0.05) is 12.6 Å². The molecule has 88 valence electrons. The number of anilines is 1. The van der Waals surface area contributed by atoms with E-state index in [0.717, 1.165) is 19.2 Å². The number of rotatable bonds is 1. The summed E-state index contributed by atoms with van der Waals surface area (Å²) in [4.78, 5) is 9.60. The Morgan fingerprint density at radius 1 is 1.50 bits per heavy atom. The van der Waals surface area contributed by atoms with E-state index < -0.39 is 5.82 Å². The highest BCUT2D eigenvalue weighted by molar-refractivity contribution is 6.28. The first-order valence-corrected chi connectivity index (χ1v) is 5.92. The van der Waals surface area contributed by atoms with Gasteiger partial charge in [-0.2, -0.15) is 4.98 Å². The van der Waals surface area contributed by atoms with Crippen LogP contribution in [0.1, 0.15) is 26.7 Å². The molecule has 1 aromatic heterocycles. The van der Waals surface area contributed by atoms with Crippen LogP contribution >= 0.6 is 11.6 Å². The van der Waals surface area contributed by atoms with Gasteiger partial charge in [0.25, 0.3) is 0 Å². The normalized spacial score (nSPS) is 25.9. The maximum Gasteiger partial charge on any atom is 0.224 e. The van der Waals surface area contributed by atoms with Crippen LogP contribution in [0.3, 0.4) is 0 Å². The second-order valence-corrected chi connectivity index (χ2v) is 4.70. The molecule has 1 aromatic rings. The third-order valence-corrected chi connectivity index (χ3v) is 3.52. The maximum atomic E-state index is 13.6. The van der Waals surface area contributed by atoms with E-state index in [2.05, 4.69) is 23.8 Å². The van der Waals surface area contributed by atoms with E-state index in [1.807, 2.05) is 4.90 Å². The molecule has 2 unspecified atom stereocenters. The highest BCUT2D eigenvalue weighted by atomic mass is 35.5. The summed E-state index contributed by atoms with van der Waals surface area (Å²) >= 11 is 5.70. The predicted molar refractivity (Wildman–Crippen MR) is 62.2 cm³/mol. The number of piperidine rings is 1. The van der Waals surface area contributed by atoms with Crippen molar-refractivity contribution in [2.75, 3.05) is 11.4 Å². The third-order valence-electron chi connectivity index (χ3n) is 3.34. The van der Waals surface area contributed by atoms with Crippen molar-refractivity contribution in [1.29, 1.82) is 0 Å². The first kappa shape index (κ1) is 11.6. The summed E-state index contributed by atoms with van der Waals surface area (Å²) < 4.78 is 13.6. The van der Waals surface area contributed by atoms with Crippen molar-refractivity contribution in [3.63, 3.8) is 0 Å². The molecular formula is C11H15ClFN3. The second-order valence-electron chi connectivity index (χ2n) is 4.36. The Morgan fingerprint density at radius 3 is 3.00 bits per heavy atom. The monoisotopic (exact) mass is 243 g/mol. The zero-order valence-corrected chi connectivity index (χ0v) is 10.2. The molecule has 0 aliphatic carbocycles. The van der Waals surface area contributed by atoms with E-state index in [1.54, 1.807) is 0 Å². The molecule has 0 saturated carbocycles. The van der Waals surface area contributed by atoms with E-state index in [-0.39, 0.29) is 11.3 Å². The minimum absolute atomic E-state index is 0.0989. The van der Waals surface area contributed by atoms with Crippen molar-refractivity contribution in [3.8, 4) is 0 Å². The van der Waals surface area contributed by atoms with Gasteiger partial charge in [-0.05, 0) is 37.3 Å². The van der Waals surface area contributed by atoms with E-state index in [0.29, 0.717) is 11.7 Å². The molecule has 0 radical (unpaired) electrons. The Balaban J connectivity index is 2.31. The van der Waals surface area contributed by atoms with E-state index in [9.17, 15) is 4.39 Å². The zero-order valence-electron chi connectivity index (χ0n) is 9.45. The Bertz CT molecular complexity index is 385. The molecule has 0 bridgehead atoms. The molecule has 0 spiro atoms. The molecule has 0 amide bonds. The number of hydrogen-bond acceptors (Lipinski definition) is 3. The van der Waals surface area contributed by atoms with Crippen LogP contribution in [0.4, 0.5) is 10.2 Å². The maximum absolute atomic E-state index is 13.6. The second kappa shape index (κ2) is 4.53. The average Bonchev–Trinajstić information content (AvgIpc) is 2.26. The summed E-state index contributed by atoms with van der Waals surface area (Å²) in [6.07, 6.45) is 3.38. The van der Waals surface area contributed by atoms with Gasteiger partial charge in [-0.25, -0.2) is 9.37 Å². The fourth-order valence-corrected chi connectivity index (χ4v) is 2.30. The van der Waals surface area contributed by atoms with Crippen LogP contribution in [0.5, 0.6) is 0 Å².